The molecular formula is C13H23N3. The van der Waals surface area contributed by atoms with E-state index in [0.29, 0.717) is 0 Å². The number of aromatic amines is 1. The molecule has 0 bridgehead atoms. The van der Waals surface area contributed by atoms with Crippen molar-refractivity contribution in [1.82, 2.24) is 15.2 Å². The average molecular weight is 221 g/mol. The molecule has 0 aliphatic heterocycles. The van der Waals surface area contributed by atoms with Gasteiger partial charge in [0.2, 0.25) is 0 Å². The zero-order valence-corrected chi connectivity index (χ0v) is 10.4. The quantitative estimate of drug-likeness (QED) is 0.814. The fourth-order valence-corrected chi connectivity index (χ4v) is 2.67. The van der Waals surface area contributed by atoms with Crippen LogP contribution in [0.1, 0.15) is 31.4 Å². The van der Waals surface area contributed by atoms with Gasteiger partial charge < -0.3 is 10.3 Å². The minimum absolute atomic E-state index is 0.745. The molecule has 1 heterocycles. The number of nitrogens with zero attached hydrogens (tertiary/aromatic N) is 1. The third kappa shape index (κ3) is 2.86. The van der Waals surface area contributed by atoms with Crippen molar-refractivity contribution >= 4 is 0 Å². The number of rotatable bonds is 4. The molecule has 1 aliphatic rings. The Bertz CT molecular complexity index is 286. The molecule has 1 aromatic rings. The predicted molar refractivity (Wildman–Crippen MR) is 67.4 cm³/mol. The summed E-state index contributed by atoms with van der Waals surface area (Å²) in [6.45, 7) is 1.04. The van der Waals surface area contributed by atoms with Crippen LogP contribution in [0, 0.1) is 0 Å². The van der Waals surface area contributed by atoms with Crippen LogP contribution in [0.4, 0.5) is 0 Å². The third-order valence-corrected chi connectivity index (χ3v) is 3.81. The number of hydrogen-bond acceptors (Lipinski definition) is 2. The van der Waals surface area contributed by atoms with E-state index in [9.17, 15) is 0 Å². The summed E-state index contributed by atoms with van der Waals surface area (Å²) in [7, 11) is 4.32. The van der Waals surface area contributed by atoms with E-state index >= 15 is 0 Å². The van der Waals surface area contributed by atoms with Gasteiger partial charge in [-0.2, -0.15) is 0 Å². The van der Waals surface area contributed by atoms with Crippen molar-refractivity contribution in [1.29, 1.82) is 0 Å². The lowest BCUT2D eigenvalue weighted by molar-refractivity contribution is 0.168. The standard InChI is InChI=1S/C13H23N3/c1-14-11-5-7-13(8-6-11)16(2)10-12-4-3-9-15-12/h3-4,9,11,13-15H,5-8,10H2,1-2H3. The highest BCUT2D eigenvalue weighted by molar-refractivity contribution is 5.03. The monoisotopic (exact) mass is 221 g/mol. The normalized spacial score (nSPS) is 26.2. The van der Waals surface area contributed by atoms with Gasteiger partial charge in [0.25, 0.3) is 0 Å². The van der Waals surface area contributed by atoms with E-state index in [0.717, 1.165) is 18.6 Å². The molecule has 90 valence electrons. The van der Waals surface area contributed by atoms with Crippen molar-refractivity contribution in [3.8, 4) is 0 Å². The van der Waals surface area contributed by atoms with Gasteiger partial charge in [0.15, 0.2) is 0 Å². The first-order valence-electron chi connectivity index (χ1n) is 6.29. The van der Waals surface area contributed by atoms with Gasteiger partial charge in [0.1, 0.15) is 0 Å². The minimum atomic E-state index is 0.745. The Labute approximate surface area is 98.2 Å². The second kappa shape index (κ2) is 5.51. The predicted octanol–water partition coefficient (Wildman–Crippen LogP) is 1.98. The second-order valence-corrected chi connectivity index (χ2v) is 4.90. The maximum Gasteiger partial charge on any atom is 0.0384 e. The molecule has 0 radical (unpaired) electrons. The number of aromatic nitrogens is 1. The van der Waals surface area contributed by atoms with Gasteiger partial charge in [-0.25, -0.2) is 0 Å². The summed E-state index contributed by atoms with van der Waals surface area (Å²) in [5.74, 6) is 0. The van der Waals surface area contributed by atoms with Crippen LogP contribution in [0.3, 0.4) is 0 Å². The molecule has 3 nitrogen and oxygen atoms in total. The molecule has 0 atom stereocenters. The molecule has 1 saturated carbocycles. The van der Waals surface area contributed by atoms with E-state index in [-0.39, 0.29) is 0 Å². The molecule has 0 amide bonds. The Hall–Kier alpha value is -0.800. The summed E-state index contributed by atoms with van der Waals surface area (Å²) in [6.07, 6.45) is 7.28. The average Bonchev–Trinajstić information content (AvgIpc) is 2.82. The van der Waals surface area contributed by atoms with Crippen molar-refractivity contribution in [3.05, 3.63) is 24.0 Å². The van der Waals surface area contributed by atoms with E-state index in [1.165, 1.54) is 31.4 Å². The molecule has 3 heteroatoms. The van der Waals surface area contributed by atoms with Crippen LogP contribution in [-0.4, -0.2) is 36.1 Å². The topological polar surface area (TPSA) is 31.1 Å². The van der Waals surface area contributed by atoms with Crippen LogP contribution >= 0.6 is 0 Å². The molecule has 1 aromatic heterocycles. The van der Waals surface area contributed by atoms with Crippen LogP contribution in [-0.2, 0) is 6.54 Å². The molecule has 0 aromatic carbocycles. The molecular weight excluding hydrogens is 198 g/mol. The van der Waals surface area contributed by atoms with Gasteiger partial charge in [0, 0.05) is 30.5 Å². The third-order valence-electron chi connectivity index (χ3n) is 3.81. The Morgan fingerprint density at radius 1 is 1.38 bits per heavy atom. The van der Waals surface area contributed by atoms with Crippen LogP contribution in [0.15, 0.2) is 18.3 Å². The number of H-pyrrole nitrogens is 1. The zero-order valence-electron chi connectivity index (χ0n) is 10.4. The molecule has 16 heavy (non-hydrogen) atoms. The summed E-state index contributed by atoms with van der Waals surface area (Å²) >= 11 is 0. The Morgan fingerprint density at radius 2 is 2.12 bits per heavy atom. The van der Waals surface area contributed by atoms with Crippen LogP contribution in [0.2, 0.25) is 0 Å². The second-order valence-electron chi connectivity index (χ2n) is 4.90. The fraction of sp³-hybridized carbons (Fsp3) is 0.692. The first-order chi connectivity index (χ1) is 7.79. The van der Waals surface area contributed by atoms with Crippen molar-refractivity contribution in [3.63, 3.8) is 0 Å². The summed E-state index contributed by atoms with van der Waals surface area (Å²) in [5, 5.41) is 3.38. The summed E-state index contributed by atoms with van der Waals surface area (Å²) in [4.78, 5) is 5.76. The zero-order chi connectivity index (χ0) is 11.4. The minimum Gasteiger partial charge on any atom is -0.364 e. The molecule has 2 N–H and O–H groups in total. The van der Waals surface area contributed by atoms with E-state index in [1.54, 1.807) is 0 Å². The smallest absolute Gasteiger partial charge is 0.0384 e. The first-order valence-corrected chi connectivity index (χ1v) is 6.29. The number of hydrogen-bond donors (Lipinski definition) is 2. The first kappa shape index (κ1) is 11.7. The largest absolute Gasteiger partial charge is 0.364 e. The highest BCUT2D eigenvalue weighted by Gasteiger charge is 2.22. The molecule has 2 rings (SSSR count). The molecule has 1 aliphatic carbocycles. The van der Waals surface area contributed by atoms with Gasteiger partial charge in [-0.3, -0.25) is 4.90 Å². The lowest BCUT2D eigenvalue weighted by atomic mass is 9.90. The molecule has 0 spiro atoms. The maximum absolute atomic E-state index is 3.38. The van der Waals surface area contributed by atoms with Crippen LogP contribution in [0.25, 0.3) is 0 Å². The van der Waals surface area contributed by atoms with E-state index in [1.807, 2.05) is 6.20 Å². The van der Waals surface area contributed by atoms with E-state index in [2.05, 4.69) is 41.4 Å². The van der Waals surface area contributed by atoms with Crippen molar-refractivity contribution in [2.45, 2.75) is 44.3 Å². The SMILES string of the molecule is CNC1CCC(N(C)Cc2ccc[nH]2)CC1. The van der Waals surface area contributed by atoms with Crippen molar-refractivity contribution < 1.29 is 0 Å². The Morgan fingerprint density at radius 3 is 2.69 bits per heavy atom. The molecule has 0 unspecified atom stereocenters. The van der Waals surface area contributed by atoms with Crippen molar-refractivity contribution in [2.75, 3.05) is 14.1 Å². The molecule has 0 saturated heterocycles. The summed E-state index contributed by atoms with van der Waals surface area (Å²) < 4.78 is 0. The van der Waals surface area contributed by atoms with Crippen molar-refractivity contribution in [2.24, 2.45) is 0 Å². The lowest BCUT2D eigenvalue weighted by Gasteiger charge is -2.34. The highest BCUT2D eigenvalue weighted by Crippen LogP contribution is 2.23. The van der Waals surface area contributed by atoms with Gasteiger partial charge in [-0.05, 0) is 51.9 Å². The Kier molecular flexibility index (Phi) is 4.02. The van der Waals surface area contributed by atoms with Gasteiger partial charge in [-0.1, -0.05) is 0 Å². The fourth-order valence-electron chi connectivity index (χ4n) is 2.67. The van der Waals surface area contributed by atoms with E-state index < -0.39 is 0 Å². The van der Waals surface area contributed by atoms with Gasteiger partial charge >= 0.3 is 0 Å². The van der Waals surface area contributed by atoms with Crippen LogP contribution < -0.4 is 5.32 Å². The maximum atomic E-state index is 3.38. The van der Waals surface area contributed by atoms with Gasteiger partial charge in [0.05, 0.1) is 0 Å². The van der Waals surface area contributed by atoms with Gasteiger partial charge in [-0.15, -0.1) is 0 Å². The van der Waals surface area contributed by atoms with Crippen LogP contribution in [0.5, 0.6) is 0 Å². The Balaban J connectivity index is 1.80. The molecule has 1 fully saturated rings. The summed E-state index contributed by atoms with van der Waals surface area (Å²) in [6, 6.07) is 5.74. The summed E-state index contributed by atoms with van der Waals surface area (Å²) in [5.41, 5.74) is 1.32. The van der Waals surface area contributed by atoms with E-state index in [4.69, 9.17) is 0 Å². The lowest BCUT2D eigenvalue weighted by Crippen LogP contribution is -2.39. The number of nitrogens with one attached hydrogen (secondary N) is 2. The highest BCUT2D eigenvalue weighted by atomic mass is 15.1.